The molecule has 0 heterocycles. The van der Waals surface area contributed by atoms with E-state index < -0.39 is 17.6 Å². The lowest BCUT2D eigenvalue weighted by molar-refractivity contribution is -0.137. The smallest absolute Gasteiger partial charge is 0.398 e. The fraction of sp³-hybridized carbons (Fsp3) is 0.500. The minimum Gasteiger partial charge on any atom is -0.398 e. The Labute approximate surface area is 116 Å². The van der Waals surface area contributed by atoms with E-state index in [1.54, 1.807) is 0 Å². The van der Waals surface area contributed by atoms with Crippen LogP contribution in [0, 0.1) is 0 Å². The zero-order valence-corrected chi connectivity index (χ0v) is 11.4. The molecule has 1 aromatic carbocycles. The van der Waals surface area contributed by atoms with Gasteiger partial charge in [0.1, 0.15) is 0 Å². The normalized spacial score (nSPS) is 11.4. The molecule has 0 unspecified atom stereocenters. The molecule has 0 fully saturated rings. The quantitative estimate of drug-likeness (QED) is 0.620. The first kappa shape index (κ1) is 16.3. The number of unbranched alkanes of at least 4 members (excludes halogenated alkanes) is 3. The molecular weight excluding hydrogens is 269 g/mol. The third-order valence-electron chi connectivity index (χ3n) is 2.94. The second-order valence-electron chi connectivity index (χ2n) is 4.62. The maximum atomic E-state index is 12.6. The maximum Gasteiger partial charge on any atom is 0.416 e. The third-order valence-corrected chi connectivity index (χ3v) is 2.94. The van der Waals surface area contributed by atoms with Crippen molar-refractivity contribution >= 4 is 11.6 Å². The molecule has 0 bridgehead atoms. The highest BCUT2D eigenvalue weighted by Gasteiger charge is 2.31. The van der Waals surface area contributed by atoms with Crippen molar-refractivity contribution in [3.8, 4) is 0 Å². The minimum absolute atomic E-state index is 0.0454. The number of halogens is 3. The number of nitrogens with two attached hydrogens (primary N) is 1. The SMILES string of the molecule is CCCCCCNC(=O)c1cc(C(F)(F)F)ccc1N. The van der Waals surface area contributed by atoms with Crippen LogP contribution in [0.15, 0.2) is 18.2 Å². The molecule has 1 aromatic rings. The number of alkyl halides is 3. The van der Waals surface area contributed by atoms with Crippen molar-refractivity contribution in [3.05, 3.63) is 29.3 Å². The van der Waals surface area contributed by atoms with E-state index in [0.717, 1.165) is 43.9 Å². The van der Waals surface area contributed by atoms with E-state index in [4.69, 9.17) is 5.73 Å². The van der Waals surface area contributed by atoms with E-state index in [1.165, 1.54) is 0 Å². The van der Waals surface area contributed by atoms with Gasteiger partial charge < -0.3 is 11.1 Å². The molecule has 112 valence electrons. The first-order valence-electron chi connectivity index (χ1n) is 6.61. The monoisotopic (exact) mass is 288 g/mol. The fourth-order valence-corrected chi connectivity index (χ4v) is 1.78. The van der Waals surface area contributed by atoms with E-state index in [9.17, 15) is 18.0 Å². The van der Waals surface area contributed by atoms with Crippen LogP contribution in [-0.2, 0) is 6.18 Å². The highest BCUT2D eigenvalue weighted by molar-refractivity contribution is 5.99. The van der Waals surface area contributed by atoms with Crippen molar-refractivity contribution in [1.82, 2.24) is 5.32 Å². The second kappa shape index (κ2) is 7.17. The summed E-state index contributed by atoms with van der Waals surface area (Å²) >= 11 is 0. The zero-order valence-electron chi connectivity index (χ0n) is 11.4. The van der Waals surface area contributed by atoms with E-state index >= 15 is 0 Å². The van der Waals surface area contributed by atoms with E-state index in [1.807, 2.05) is 0 Å². The summed E-state index contributed by atoms with van der Waals surface area (Å²) in [6.07, 6.45) is -0.548. The topological polar surface area (TPSA) is 55.1 Å². The van der Waals surface area contributed by atoms with Crippen molar-refractivity contribution in [3.63, 3.8) is 0 Å². The molecule has 1 amide bonds. The molecule has 0 aliphatic rings. The van der Waals surface area contributed by atoms with E-state index in [0.29, 0.717) is 6.54 Å². The average molecular weight is 288 g/mol. The molecule has 1 rings (SSSR count). The molecule has 3 N–H and O–H groups in total. The second-order valence-corrected chi connectivity index (χ2v) is 4.62. The summed E-state index contributed by atoms with van der Waals surface area (Å²) in [5.74, 6) is -0.565. The first-order valence-corrected chi connectivity index (χ1v) is 6.61. The van der Waals surface area contributed by atoms with Crippen LogP contribution in [0.3, 0.4) is 0 Å². The van der Waals surface area contributed by atoms with E-state index in [2.05, 4.69) is 12.2 Å². The van der Waals surface area contributed by atoms with Crippen LogP contribution >= 0.6 is 0 Å². The number of nitrogen functional groups attached to an aromatic ring is 1. The van der Waals surface area contributed by atoms with Gasteiger partial charge in [0, 0.05) is 12.2 Å². The molecule has 0 saturated heterocycles. The van der Waals surface area contributed by atoms with Gasteiger partial charge in [-0.3, -0.25) is 4.79 Å². The van der Waals surface area contributed by atoms with Gasteiger partial charge >= 0.3 is 6.18 Å². The number of rotatable bonds is 6. The predicted molar refractivity (Wildman–Crippen MR) is 72.3 cm³/mol. The van der Waals surface area contributed by atoms with Gasteiger partial charge in [-0.15, -0.1) is 0 Å². The molecule has 0 aliphatic heterocycles. The first-order chi connectivity index (χ1) is 9.36. The number of nitrogens with one attached hydrogen (secondary N) is 1. The lowest BCUT2D eigenvalue weighted by atomic mass is 10.1. The summed E-state index contributed by atoms with van der Waals surface area (Å²) < 4.78 is 37.7. The third kappa shape index (κ3) is 4.75. The van der Waals surface area contributed by atoms with Crippen LogP contribution in [0.5, 0.6) is 0 Å². The minimum atomic E-state index is -4.48. The van der Waals surface area contributed by atoms with Crippen molar-refractivity contribution < 1.29 is 18.0 Å². The van der Waals surface area contributed by atoms with Crippen LogP contribution in [0.1, 0.15) is 48.5 Å². The Balaban J connectivity index is 2.67. The Morgan fingerprint density at radius 3 is 2.55 bits per heavy atom. The van der Waals surface area contributed by atoms with Gasteiger partial charge in [-0.05, 0) is 24.6 Å². The number of hydrogen-bond donors (Lipinski definition) is 2. The number of anilines is 1. The largest absolute Gasteiger partial charge is 0.416 e. The van der Waals surface area contributed by atoms with Gasteiger partial charge in [0.25, 0.3) is 5.91 Å². The lowest BCUT2D eigenvalue weighted by Gasteiger charge is -2.11. The van der Waals surface area contributed by atoms with Gasteiger partial charge in [-0.25, -0.2) is 0 Å². The van der Waals surface area contributed by atoms with Crippen molar-refractivity contribution in [2.24, 2.45) is 0 Å². The lowest BCUT2D eigenvalue weighted by Crippen LogP contribution is -2.25. The molecule has 0 spiro atoms. The molecular formula is C14H19F3N2O. The molecule has 0 radical (unpaired) electrons. The van der Waals surface area contributed by atoms with Gasteiger partial charge in [0.2, 0.25) is 0 Å². The Kier molecular flexibility index (Phi) is 5.85. The summed E-state index contributed by atoms with van der Waals surface area (Å²) in [4.78, 5) is 11.8. The molecule has 6 heteroatoms. The van der Waals surface area contributed by atoms with E-state index in [-0.39, 0.29) is 11.3 Å². The standard InChI is InChI=1S/C14H19F3N2O/c1-2-3-4-5-8-19-13(20)11-9-10(14(15,16)17)6-7-12(11)18/h6-7,9H,2-5,8,18H2,1H3,(H,19,20). The Hall–Kier alpha value is -1.72. The van der Waals surface area contributed by atoms with Crippen LogP contribution in [0.4, 0.5) is 18.9 Å². The van der Waals surface area contributed by atoms with Gasteiger partial charge in [-0.1, -0.05) is 26.2 Å². The number of hydrogen-bond acceptors (Lipinski definition) is 2. The van der Waals surface area contributed by atoms with Crippen LogP contribution < -0.4 is 11.1 Å². The Morgan fingerprint density at radius 1 is 1.25 bits per heavy atom. The van der Waals surface area contributed by atoms with Crippen molar-refractivity contribution in [2.45, 2.75) is 38.8 Å². The molecule has 0 aliphatic carbocycles. The number of carbonyl (C=O) groups excluding carboxylic acids is 1. The van der Waals surface area contributed by atoms with Crippen LogP contribution in [-0.4, -0.2) is 12.5 Å². The molecule has 0 saturated carbocycles. The maximum absolute atomic E-state index is 12.6. The molecule has 3 nitrogen and oxygen atoms in total. The summed E-state index contributed by atoms with van der Waals surface area (Å²) in [7, 11) is 0. The number of carbonyl (C=O) groups is 1. The summed E-state index contributed by atoms with van der Waals surface area (Å²) in [5, 5.41) is 2.59. The molecule has 0 aromatic heterocycles. The molecule has 0 atom stereocenters. The van der Waals surface area contributed by atoms with Crippen LogP contribution in [0.2, 0.25) is 0 Å². The van der Waals surface area contributed by atoms with Gasteiger partial charge in [-0.2, -0.15) is 13.2 Å². The summed E-state index contributed by atoms with van der Waals surface area (Å²) in [6.45, 7) is 2.51. The predicted octanol–water partition coefficient (Wildman–Crippen LogP) is 3.60. The summed E-state index contributed by atoms with van der Waals surface area (Å²) in [5.41, 5.74) is 4.60. The molecule has 20 heavy (non-hydrogen) atoms. The summed E-state index contributed by atoms with van der Waals surface area (Å²) in [6, 6.07) is 2.76. The highest BCUT2D eigenvalue weighted by atomic mass is 19.4. The average Bonchev–Trinajstić information content (AvgIpc) is 2.37. The van der Waals surface area contributed by atoms with Gasteiger partial charge in [0.05, 0.1) is 11.1 Å². The number of amides is 1. The van der Waals surface area contributed by atoms with Crippen molar-refractivity contribution in [1.29, 1.82) is 0 Å². The zero-order chi connectivity index (χ0) is 15.2. The number of benzene rings is 1. The highest BCUT2D eigenvalue weighted by Crippen LogP contribution is 2.31. The van der Waals surface area contributed by atoms with Crippen LogP contribution in [0.25, 0.3) is 0 Å². The van der Waals surface area contributed by atoms with Crippen molar-refractivity contribution in [2.75, 3.05) is 12.3 Å². The Morgan fingerprint density at radius 2 is 1.95 bits per heavy atom. The fourth-order valence-electron chi connectivity index (χ4n) is 1.78. The van der Waals surface area contributed by atoms with Gasteiger partial charge in [0.15, 0.2) is 0 Å². The Bertz CT molecular complexity index is 458.